The quantitative estimate of drug-likeness (QED) is 0.573. The summed E-state index contributed by atoms with van der Waals surface area (Å²) in [5, 5.41) is 2.87. The number of nitrogens with zero attached hydrogens (tertiary/aromatic N) is 1. The Bertz CT molecular complexity index is 896. The molecule has 3 rings (SSSR count). The molecule has 2 amide bonds. The monoisotopic (exact) mass is 453 g/mol. The van der Waals surface area contributed by atoms with E-state index in [0.717, 1.165) is 25.7 Å². The molecule has 0 aromatic heterocycles. The Morgan fingerprint density at radius 3 is 2.65 bits per heavy atom. The average Bonchev–Trinajstić information content (AvgIpc) is 2.77. The fourth-order valence-corrected chi connectivity index (χ4v) is 5.19. The molecule has 9 nitrogen and oxygen atoms in total. The SMILES string of the molecule is COCCNC(=O)C1CCC(CNS(=O)(=O)c2ccc3c(c2)N(C(C)=O)CCO3)CC1. The second-order valence-corrected chi connectivity index (χ2v) is 9.77. The summed E-state index contributed by atoms with van der Waals surface area (Å²) in [6.45, 7) is 3.53. The Balaban J connectivity index is 1.55. The van der Waals surface area contributed by atoms with Crippen molar-refractivity contribution in [1.82, 2.24) is 10.0 Å². The topological polar surface area (TPSA) is 114 Å². The van der Waals surface area contributed by atoms with E-state index in [-0.39, 0.29) is 28.5 Å². The number of hydrogen-bond acceptors (Lipinski definition) is 6. The van der Waals surface area contributed by atoms with E-state index >= 15 is 0 Å². The lowest BCUT2D eigenvalue weighted by molar-refractivity contribution is -0.126. The minimum Gasteiger partial charge on any atom is -0.490 e. The second-order valence-electron chi connectivity index (χ2n) is 8.00. The molecule has 1 fully saturated rings. The van der Waals surface area contributed by atoms with Crippen LogP contribution in [0.1, 0.15) is 32.6 Å². The van der Waals surface area contributed by atoms with Gasteiger partial charge >= 0.3 is 0 Å². The number of anilines is 1. The van der Waals surface area contributed by atoms with E-state index in [4.69, 9.17) is 9.47 Å². The highest BCUT2D eigenvalue weighted by Crippen LogP contribution is 2.34. The summed E-state index contributed by atoms with van der Waals surface area (Å²) in [5.74, 6) is 0.551. The first-order valence-electron chi connectivity index (χ1n) is 10.6. The van der Waals surface area contributed by atoms with Crippen LogP contribution in [0.15, 0.2) is 23.1 Å². The molecule has 1 heterocycles. The van der Waals surface area contributed by atoms with E-state index in [0.29, 0.717) is 44.3 Å². The number of fused-ring (bicyclic) bond motifs is 1. The molecule has 1 aromatic carbocycles. The zero-order valence-electron chi connectivity index (χ0n) is 18.1. The molecule has 10 heteroatoms. The van der Waals surface area contributed by atoms with Gasteiger partial charge in [0.15, 0.2) is 0 Å². The number of ether oxygens (including phenoxy) is 2. The molecule has 1 aliphatic carbocycles. The number of benzene rings is 1. The van der Waals surface area contributed by atoms with Crippen molar-refractivity contribution in [3.63, 3.8) is 0 Å². The third kappa shape index (κ3) is 5.96. The van der Waals surface area contributed by atoms with Crippen LogP contribution in [-0.2, 0) is 24.3 Å². The first-order valence-corrected chi connectivity index (χ1v) is 12.1. The molecule has 0 radical (unpaired) electrons. The molecule has 1 aromatic rings. The molecule has 1 aliphatic heterocycles. The third-order valence-corrected chi connectivity index (χ3v) is 7.29. The van der Waals surface area contributed by atoms with Crippen LogP contribution >= 0.6 is 0 Å². The minimum atomic E-state index is -3.72. The van der Waals surface area contributed by atoms with E-state index < -0.39 is 10.0 Å². The zero-order chi connectivity index (χ0) is 22.4. The van der Waals surface area contributed by atoms with E-state index in [1.165, 1.54) is 24.0 Å². The van der Waals surface area contributed by atoms with Crippen LogP contribution in [0.5, 0.6) is 5.75 Å². The van der Waals surface area contributed by atoms with Gasteiger partial charge in [0.25, 0.3) is 0 Å². The van der Waals surface area contributed by atoms with Crippen molar-refractivity contribution in [3.8, 4) is 5.75 Å². The van der Waals surface area contributed by atoms with Crippen LogP contribution in [0.2, 0.25) is 0 Å². The molecule has 0 saturated heterocycles. The van der Waals surface area contributed by atoms with Gasteiger partial charge in [-0.1, -0.05) is 0 Å². The molecule has 0 spiro atoms. The molecule has 0 unspecified atom stereocenters. The van der Waals surface area contributed by atoms with Gasteiger partial charge in [-0.2, -0.15) is 0 Å². The number of rotatable bonds is 8. The fourth-order valence-electron chi connectivity index (χ4n) is 4.05. The molecule has 2 N–H and O–H groups in total. The van der Waals surface area contributed by atoms with Crippen molar-refractivity contribution in [2.24, 2.45) is 11.8 Å². The van der Waals surface area contributed by atoms with Gasteiger partial charge in [0.05, 0.1) is 23.7 Å². The standard InChI is InChI=1S/C21H31N3O6S/c1-15(25)24-10-12-30-20-8-7-18(13-19(20)24)31(27,28)23-14-16-3-5-17(6-4-16)21(26)22-9-11-29-2/h7-8,13,16-17,23H,3-6,9-12,14H2,1-2H3,(H,22,26). The molecule has 0 bridgehead atoms. The van der Waals surface area contributed by atoms with Crippen molar-refractivity contribution in [2.75, 3.05) is 44.9 Å². The molecule has 0 atom stereocenters. The maximum absolute atomic E-state index is 12.8. The number of amides is 2. The summed E-state index contributed by atoms with van der Waals surface area (Å²) < 4.78 is 38.8. The van der Waals surface area contributed by atoms with Gasteiger partial charge in [0.2, 0.25) is 21.8 Å². The van der Waals surface area contributed by atoms with Gasteiger partial charge < -0.3 is 19.7 Å². The summed E-state index contributed by atoms with van der Waals surface area (Å²) >= 11 is 0. The maximum Gasteiger partial charge on any atom is 0.240 e. The Hall–Kier alpha value is -2.17. The maximum atomic E-state index is 12.8. The number of carbonyl (C=O) groups is 2. The summed E-state index contributed by atoms with van der Waals surface area (Å²) in [7, 11) is -2.13. The first-order chi connectivity index (χ1) is 14.8. The van der Waals surface area contributed by atoms with Crippen molar-refractivity contribution < 1.29 is 27.5 Å². The highest BCUT2D eigenvalue weighted by Gasteiger charge is 2.28. The molecular formula is C21H31N3O6S. The fraction of sp³-hybridized carbons (Fsp3) is 0.619. The molecule has 31 heavy (non-hydrogen) atoms. The average molecular weight is 454 g/mol. The number of hydrogen-bond donors (Lipinski definition) is 2. The van der Waals surface area contributed by atoms with Crippen molar-refractivity contribution in [3.05, 3.63) is 18.2 Å². The van der Waals surface area contributed by atoms with Gasteiger partial charge in [-0.3, -0.25) is 9.59 Å². The first kappa shape index (κ1) is 23.5. The Labute approximate surface area is 183 Å². The summed E-state index contributed by atoms with van der Waals surface area (Å²) in [6, 6.07) is 4.57. The number of sulfonamides is 1. The summed E-state index contributed by atoms with van der Waals surface area (Å²) in [5.41, 5.74) is 0.474. The van der Waals surface area contributed by atoms with Gasteiger partial charge in [0.1, 0.15) is 12.4 Å². The second kappa shape index (κ2) is 10.4. The van der Waals surface area contributed by atoms with Crippen LogP contribution in [0.4, 0.5) is 5.69 Å². The molecule has 1 saturated carbocycles. The van der Waals surface area contributed by atoms with Crippen LogP contribution < -0.4 is 19.7 Å². The lowest BCUT2D eigenvalue weighted by Gasteiger charge is -2.29. The third-order valence-electron chi connectivity index (χ3n) is 5.87. The minimum absolute atomic E-state index is 0.0251. The van der Waals surface area contributed by atoms with Crippen LogP contribution in [-0.4, -0.2) is 60.2 Å². The van der Waals surface area contributed by atoms with E-state index in [2.05, 4.69) is 10.0 Å². The lowest BCUT2D eigenvalue weighted by atomic mass is 9.81. The highest BCUT2D eigenvalue weighted by molar-refractivity contribution is 7.89. The summed E-state index contributed by atoms with van der Waals surface area (Å²) in [6.07, 6.45) is 3.08. The molecular weight excluding hydrogens is 422 g/mol. The van der Waals surface area contributed by atoms with Crippen molar-refractivity contribution >= 4 is 27.5 Å². The van der Waals surface area contributed by atoms with Gasteiger partial charge in [0, 0.05) is 33.0 Å². The van der Waals surface area contributed by atoms with Gasteiger partial charge in [-0.15, -0.1) is 0 Å². The van der Waals surface area contributed by atoms with Gasteiger partial charge in [-0.05, 0) is 49.8 Å². The predicted molar refractivity (Wildman–Crippen MR) is 115 cm³/mol. The zero-order valence-corrected chi connectivity index (χ0v) is 18.9. The smallest absolute Gasteiger partial charge is 0.240 e. The number of carbonyl (C=O) groups excluding carboxylic acids is 2. The number of nitrogens with one attached hydrogen (secondary N) is 2. The molecule has 172 valence electrons. The van der Waals surface area contributed by atoms with Crippen molar-refractivity contribution in [1.29, 1.82) is 0 Å². The Morgan fingerprint density at radius 2 is 1.97 bits per heavy atom. The predicted octanol–water partition coefficient (Wildman–Crippen LogP) is 1.28. The summed E-state index contributed by atoms with van der Waals surface area (Å²) in [4.78, 5) is 25.7. The van der Waals surface area contributed by atoms with Crippen LogP contribution in [0, 0.1) is 11.8 Å². The van der Waals surface area contributed by atoms with Crippen LogP contribution in [0.3, 0.4) is 0 Å². The molecule has 2 aliphatic rings. The van der Waals surface area contributed by atoms with E-state index in [1.807, 2.05) is 0 Å². The lowest BCUT2D eigenvalue weighted by Crippen LogP contribution is -2.37. The Morgan fingerprint density at radius 1 is 1.23 bits per heavy atom. The van der Waals surface area contributed by atoms with Gasteiger partial charge in [-0.25, -0.2) is 13.1 Å². The highest BCUT2D eigenvalue weighted by atomic mass is 32.2. The number of methoxy groups -OCH3 is 1. The normalized spacial score (nSPS) is 21.2. The Kier molecular flexibility index (Phi) is 7.90. The van der Waals surface area contributed by atoms with Crippen LogP contribution in [0.25, 0.3) is 0 Å². The van der Waals surface area contributed by atoms with Crippen molar-refractivity contribution in [2.45, 2.75) is 37.5 Å². The van der Waals surface area contributed by atoms with E-state index in [1.54, 1.807) is 13.2 Å². The van der Waals surface area contributed by atoms with E-state index in [9.17, 15) is 18.0 Å². The largest absolute Gasteiger partial charge is 0.490 e.